The summed E-state index contributed by atoms with van der Waals surface area (Å²) in [5.74, 6) is -6.45. The Morgan fingerprint density at radius 2 is 1.52 bits per heavy atom. The molecule has 1 N–H and O–H groups in total. The number of nitrogens with one attached hydrogen (secondary N) is 1. The molecule has 4 rings (SSSR count). The van der Waals surface area contributed by atoms with Gasteiger partial charge in [0.2, 0.25) is 5.78 Å². The molecule has 0 unspecified atom stereocenters. The van der Waals surface area contributed by atoms with Crippen molar-refractivity contribution in [2.24, 2.45) is 5.92 Å². The van der Waals surface area contributed by atoms with Crippen LogP contribution in [0.1, 0.15) is 32.4 Å². The first kappa shape index (κ1) is 20.2. The summed E-state index contributed by atoms with van der Waals surface area (Å²) in [7, 11) is 0. The maximum atomic E-state index is 14.3. The van der Waals surface area contributed by atoms with Gasteiger partial charge in [-0.15, -0.1) is 0 Å². The third kappa shape index (κ3) is 3.85. The predicted molar refractivity (Wildman–Crippen MR) is 109 cm³/mol. The molecule has 0 bridgehead atoms. The largest absolute Gasteiger partial charge is 0.453 e. The number of hydrogen-bond acceptors (Lipinski definition) is 5. The van der Waals surface area contributed by atoms with Gasteiger partial charge in [-0.3, -0.25) is 14.4 Å². The summed E-state index contributed by atoms with van der Waals surface area (Å²) in [6, 6.07) is 19.6. The molecule has 0 aliphatic carbocycles. The van der Waals surface area contributed by atoms with E-state index in [4.69, 9.17) is 4.74 Å². The standard InChI is InChI=1S/C24H16FNO5/c25-18-13-7-6-12-17(18)20(27)19(21(28)23(29)26-14-8-2-1-3-9-14)22-15-10-4-5-11-16(15)24(30)31-22/h1-13,19,22H,(H,26,29)/t19-,22+/m1/s1. The van der Waals surface area contributed by atoms with E-state index in [1.54, 1.807) is 42.5 Å². The molecule has 2 atom stereocenters. The number of Topliss-reactive ketones (excluding diaryl/α,β-unsaturated/α-hetero) is 2. The van der Waals surface area contributed by atoms with E-state index < -0.39 is 41.3 Å². The van der Waals surface area contributed by atoms with Crippen molar-refractivity contribution in [2.75, 3.05) is 5.32 Å². The van der Waals surface area contributed by atoms with E-state index >= 15 is 0 Å². The van der Waals surface area contributed by atoms with Crippen LogP contribution in [-0.4, -0.2) is 23.4 Å². The number of amides is 1. The molecular weight excluding hydrogens is 401 g/mol. The lowest BCUT2D eigenvalue weighted by Crippen LogP contribution is -2.38. The number of para-hydroxylation sites is 1. The first-order valence-electron chi connectivity index (χ1n) is 9.46. The fraction of sp³-hybridized carbons (Fsp3) is 0.0833. The van der Waals surface area contributed by atoms with Crippen LogP contribution in [0.3, 0.4) is 0 Å². The maximum absolute atomic E-state index is 14.3. The molecule has 31 heavy (non-hydrogen) atoms. The van der Waals surface area contributed by atoms with E-state index in [2.05, 4.69) is 5.32 Å². The topological polar surface area (TPSA) is 89.5 Å². The second-order valence-electron chi connectivity index (χ2n) is 6.92. The number of halogens is 1. The monoisotopic (exact) mass is 417 g/mol. The van der Waals surface area contributed by atoms with Crippen LogP contribution in [0.4, 0.5) is 10.1 Å². The second-order valence-corrected chi connectivity index (χ2v) is 6.92. The minimum atomic E-state index is -1.74. The fourth-order valence-electron chi connectivity index (χ4n) is 3.50. The minimum absolute atomic E-state index is 0.190. The molecule has 6 nitrogen and oxygen atoms in total. The van der Waals surface area contributed by atoms with Crippen LogP contribution in [0.15, 0.2) is 78.9 Å². The first-order valence-corrected chi connectivity index (χ1v) is 9.46. The Labute approximate surface area is 176 Å². The third-order valence-corrected chi connectivity index (χ3v) is 4.98. The maximum Gasteiger partial charge on any atom is 0.339 e. The van der Waals surface area contributed by atoms with Crippen molar-refractivity contribution in [1.82, 2.24) is 0 Å². The van der Waals surface area contributed by atoms with E-state index in [0.717, 1.165) is 6.07 Å². The van der Waals surface area contributed by atoms with Gasteiger partial charge in [0, 0.05) is 11.3 Å². The van der Waals surface area contributed by atoms with Gasteiger partial charge in [-0.1, -0.05) is 48.5 Å². The van der Waals surface area contributed by atoms with Crippen molar-refractivity contribution < 1.29 is 28.3 Å². The van der Waals surface area contributed by atoms with Gasteiger partial charge in [-0.25, -0.2) is 9.18 Å². The zero-order valence-electron chi connectivity index (χ0n) is 16.1. The van der Waals surface area contributed by atoms with Crippen molar-refractivity contribution in [1.29, 1.82) is 0 Å². The van der Waals surface area contributed by atoms with Crippen LogP contribution in [0, 0.1) is 11.7 Å². The molecule has 154 valence electrons. The molecular formula is C24H16FNO5. The van der Waals surface area contributed by atoms with Crippen LogP contribution < -0.4 is 5.32 Å². The summed E-state index contributed by atoms with van der Waals surface area (Å²) >= 11 is 0. The molecule has 1 aliphatic rings. The Bertz CT molecular complexity index is 1190. The molecule has 1 amide bonds. The Morgan fingerprint density at radius 1 is 0.871 bits per heavy atom. The van der Waals surface area contributed by atoms with Gasteiger partial charge < -0.3 is 10.1 Å². The van der Waals surface area contributed by atoms with Gasteiger partial charge in [0.15, 0.2) is 5.78 Å². The van der Waals surface area contributed by atoms with Gasteiger partial charge in [0.25, 0.3) is 5.91 Å². The van der Waals surface area contributed by atoms with Crippen LogP contribution >= 0.6 is 0 Å². The summed E-state index contributed by atoms with van der Waals surface area (Å²) in [4.78, 5) is 51.3. The van der Waals surface area contributed by atoms with Crippen molar-refractivity contribution in [3.05, 3.63) is 101 Å². The highest BCUT2D eigenvalue weighted by atomic mass is 19.1. The van der Waals surface area contributed by atoms with E-state index in [1.165, 1.54) is 30.3 Å². The number of rotatable bonds is 6. The lowest BCUT2D eigenvalue weighted by Gasteiger charge is -2.21. The lowest BCUT2D eigenvalue weighted by molar-refractivity contribution is -0.138. The molecule has 0 radical (unpaired) electrons. The van der Waals surface area contributed by atoms with E-state index in [9.17, 15) is 23.6 Å². The number of cyclic esters (lactones) is 1. The fourth-order valence-corrected chi connectivity index (χ4v) is 3.50. The number of ether oxygens (including phenoxy) is 1. The molecule has 0 spiro atoms. The summed E-state index contributed by atoms with van der Waals surface area (Å²) in [5.41, 5.74) is 0.466. The first-order chi connectivity index (χ1) is 15.0. The number of anilines is 1. The number of ketones is 2. The quantitative estimate of drug-likeness (QED) is 0.286. The molecule has 0 saturated heterocycles. The van der Waals surface area contributed by atoms with Crippen molar-refractivity contribution in [2.45, 2.75) is 6.10 Å². The smallest absolute Gasteiger partial charge is 0.339 e. The molecule has 7 heteroatoms. The summed E-state index contributed by atoms with van der Waals surface area (Å²) in [5, 5.41) is 2.43. The van der Waals surface area contributed by atoms with Gasteiger partial charge in [0.05, 0.1) is 11.1 Å². The highest BCUT2D eigenvalue weighted by Gasteiger charge is 2.46. The Hall–Kier alpha value is -4.13. The molecule has 0 fully saturated rings. The summed E-state index contributed by atoms with van der Waals surface area (Å²) < 4.78 is 19.6. The number of esters is 1. The average Bonchev–Trinajstić information content (AvgIpc) is 3.11. The second kappa shape index (κ2) is 8.31. The average molecular weight is 417 g/mol. The number of carbonyl (C=O) groups excluding carboxylic acids is 4. The van der Waals surface area contributed by atoms with Crippen LogP contribution in [0.25, 0.3) is 0 Å². The lowest BCUT2D eigenvalue weighted by atomic mass is 9.84. The van der Waals surface area contributed by atoms with E-state index in [-0.39, 0.29) is 11.1 Å². The Kier molecular flexibility index (Phi) is 5.41. The van der Waals surface area contributed by atoms with Crippen LogP contribution in [0.5, 0.6) is 0 Å². The van der Waals surface area contributed by atoms with Gasteiger partial charge in [-0.05, 0) is 30.3 Å². The van der Waals surface area contributed by atoms with Gasteiger partial charge >= 0.3 is 5.97 Å². The third-order valence-electron chi connectivity index (χ3n) is 4.98. The Morgan fingerprint density at radius 3 is 2.26 bits per heavy atom. The summed E-state index contributed by atoms with van der Waals surface area (Å²) in [6.45, 7) is 0. The van der Waals surface area contributed by atoms with E-state index in [0.29, 0.717) is 11.3 Å². The van der Waals surface area contributed by atoms with Crippen molar-refractivity contribution in [3.8, 4) is 0 Å². The van der Waals surface area contributed by atoms with Crippen LogP contribution in [0.2, 0.25) is 0 Å². The normalized spacial score (nSPS) is 15.5. The van der Waals surface area contributed by atoms with E-state index in [1.807, 2.05) is 0 Å². The number of carbonyl (C=O) groups is 4. The number of benzene rings is 3. The zero-order valence-corrected chi connectivity index (χ0v) is 16.1. The van der Waals surface area contributed by atoms with Crippen molar-refractivity contribution in [3.63, 3.8) is 0 Å². The van der Waals surface area contributed by atoms with Gasteiger partial charge in [0.1, 0.15) is 17.8 Å². The highest BCUT2D eigenvalue weighted by Crippen LogP contribution is 2.38. The number of hydrogen-bond donors (Lipinski definition) is 1. The molecule has 0 saturated carbocycles. The summed E-state index contributed by atoms with van der Waals surface area (Å²) in [6.07, 6.45) is -1.34. The molecule has 0 aromatic heterocycles. The predicted octanol–water partition coefficient (Wildman–Crippen LogP) is 3.74. The zero-order chi connectivity index (χ0) is 22.0. The number of fused-ring (bicyclic) bond motifs is 1. The molecule has 1 heterocycles. The molecule has 1 aliphatic heterocycles. The van der Waals surface area contributed by atoms with Crippen LogP contribution in [-0.2, 0) is 14.3 Å². The molecule has 3 aromatic rings. The van der Waals surface area contributed by atoms with Gasteiger partial charge in [-0.2, -0.15) is 0 Å². The highest BCUT2D eigenvalue weighted by molar-refractivity contribution is 6.45. The molecule has 3 aromatic carbocycles. The Balaban J connectivity index is 1.74. The SMILES string of the molecule is O=C(Nc1ccccc1)C(=O)[C@@H](C(=O)c1ccccc1F)[C@H]1OC(=O)c2ccccc21. The van der Waals surface area contributed by atoms with Crippen molar-refractivity contribution >= 4 is 29.1 Å². The minimum Gasteiger partial charge on any atom is -0.453 e.